The van der Waals surface area contributed by atoms with E-state index in [0.29, 0.717) is 40.0 Å². The lowest BCUT2D eigenvalue weighted by molar-refractivity contribution is 0.0797. The molecule has 1 amide bonds. The fourth-order valence-corrected chi connectivity index (χ4v) is 7.68. The molecule has 3 aromatic heterocycles. The number of primary amides is 1. The van der Waals surface area contributed by atoms with Crippen LogP contribution in [0.4, 0.5) is 16.8 Å². The van der Waals surface area contributed by atoms with Gasteiger partial charge in [0.25, 0.3) is 5.91 Å². The molecule has 0 aliphatic carbocycles. The molecule has 0 spiro atoms. The van der Waals surface area contributed by atoms with Crippen LogP contribution < -0.4 is 16.0 Å². The maximum Gasteiger partial charge on any atom is 0.267 e. The van der Waals surface area contributed by atoms with Gasteiger partial charge in [-0.3, -0.25) is 14.7 Å². The molecule has 242 valence electrons. The Morgan fingerprint density at radius 2 is 1.68 bits per heavy atom. The Balaban J connectivity index is 1.25. The number of aryl methyl sites for hydroxylation is 1. The van der Waals surface area contributed by atoms with Crippen LogP contribution in [-0.2, 0) is 12.0 Å². The molecule has 0 radical (unpaired) electrons. The fourth-order valence-electron chi connectivity index (χ4n) is 5.71. The minimum atomic E-state index is -1.44. The number of thiazole rings is 1. The van der Waals surface area contributed by atoms with E-state index in [-0.39, 0.29) is 18.7 Å². The molecule has 11 nitrogen and oxygen atoms in total. The zero-order valence-corrected chi connectivity index (χ0v) is 27.5. The van der Waals surface area contributed by atoms with E-state index in [1.54, 1.807) is 12.4 Å². The highest BCUT2D eigenvalue weighted by Crippen LogP contribution is 2.41. The Morgan fingerprint density at radius 1 is 1.00 bits per heavy atom. The molecular formula is C34H36N8O3S2. The summed E-state index contributed by atoms with van der Waals surface area (Å²) in [6.07, 6.45) is 3.41. The molecule has 4 heterocycles. The second-order valence-corrected chi connectivity index (χ2v) is 13.6. The highest BCUT2D eigenvalue weighted by Gasteiger charge is 2.34. The largest absolute Gasteiger partial charge is 0.395 e. The maximum atomic E-state index is 12.6. The van der Waals surface area contributed by atoms with Crippen molar-refractivity contribution in [3.05, 3.63) is 113 Å². The summed E-state index contributed by atoms with van der Waals surface area (Å²) in [6.45, 7) is 6.07. The van der Waals surface area contributed by atoms with Crippen LogP contribution in [-0.4, -0.2) is 80.3 Å². The second-order valence-electron chi connectivity index (χ2n) is 11.2. The second kappa shape index (κ2) is 14.6. The number of hydrogen-bond donors (Lipinski definition) is 4. The van der Waals surface area contributed by atoms with Gasteiger partial charge in [-0.05, 0) is 24.1 Å². The van der Waals surface area contributed by atoms with Gasteiger partial charge in [0.1, 0.15) is 28.8 Å². The van der Waals surface area contributed by atoms with Gasteiger partial charge in [0.15, 0.2) is 5.13 Å². The molecule has 13 heteroatoms. The summed E-state index contributed by atoms with van der Waals surface area (Å²) in [4.78, 5) is 36.0. The van der Waals surface area contributed by atoms with Crippen LogP contribution in [0.5, 0.6) is 0 Å². The van der Waals surface area contributed by atoms with Crippen LogP contribution in [0.25, 0.3) is 0 Å². The number of aromatic nitrogens is 4. The number of carbonyl (C=O) groups excluding carboxylic acids is 1. The number of rotatable bonds is 12. The number of amides is 1. The summed E-state index contributed by atoms with van der Waals surface area (Å²) < 4.78 is 0.865. The average molecular weight is 669 g/mol. The number of hydrogen-bond acceptors (Lipinski definition) is 12. The molecule has 0 bridgehead atoms. The summed E-state index contributed by atoms with van der Waals surface area (Å²) in [5, 5.41) is 25.6. The van der Waals surface area contributed by atoms with E-state index in [0.717, 1.165) is 41.1 Å². The highest BCUT2D eigenvalue weighted by molar-refractivity contribution is 8.01. The number of aliphatic hydroxyl groups excluding tert-OH is 1. The van der Waals surface area contributed by atoms with Crippen molar-refractivity contribution in [1.29, 1.82) is 0 Å². The lowest BCUT2D eigenvalue weighted by Gasteiger charge is -2.35. The van der Waals surface area contributed by atoms with Crippen LogP contribution in [0.2, 0.25) is 0 Å². The minimum Gasteiger partial charge on any atom is -0.395 e. The molecule has 0 saturated carbocycles. The first-order valence-corrected chi connectivity index (χ1v) is 16.9. The molecule has 0 unspecified atom stereocenters. The number of pyridine rings is 1. The monoisotopic (exact) mass is 668 g/mol. The lowest BCUT2D eigenvalue weighted by Crippen LogP contribution is -2.47. The van der Waals surface area contributed by atoms with Gasteiger partial charge in [0, 0.05) is 61.9 Å². The van der Waals surface area contributed by atoms with E-state index in [4.69, 9.17) is 5.73 Å². The quantitative estimate of drug-likeness (QED) is 0.151. The first-order chi connectivity index (χ1) is 22.8. The van der Waals surface area contributed by atoms with E-state index in [1.807, 2.05) is 79.7 Å². The minimum absolute atomic E-state index is 0.0800. The van der Waals surface area contributed by atoms with Crippen molar-refractivity contribution < 1.29 is 15.0 Å². The predicted octanol–water partition coefficient (Wildman–Crippen LogP) is 4.22. The van der Waals surface area contributed by atoms with Gasteiger partial charge in [0.2, 0.25) is 0 Å². The van der Waals surface area contributed by atoms with Crippen molar-refractivity contribution in [3.8, 4) is 0 Å². The number of carbonyl (C=O) groups is 1. The molecule has 1 fully saturated rings. The molecular weight excluding hydrogens is 633 g/mol. The van der Waals surface area contributed by atoms with Gasteiger partial charge < -0.3 is 26.2 Å². The number of benzene rings is 2. The molecule has 1 aliphatic heterocycles. The van der Waals surface area contributed by atoms with Gasteiger partial charge in [-0.25, -0.2) is 15.0 Å². The maximum absolute atomic E-state index is 12.6. The van der Waals surface area contributed by atoms with E-state index < -0.39 is 11.5 Å². The summed E-state index contributed by atoms with van der Waals surface area (Å²) in [5.41, 5.74) is 6.43. The van der Waals surface area contributed by atoms with Gasteiger partial charge in [-0.1, -0.05) is 83.8 Å². The van der Waals surface area contributed by atoms with E-state index >= 15 is 0 Å². The Labute approximate surface area is 281 Å². The smallest absolute Gasteiger partial charge is 0.267 e. The number of anilines is 3. The molecule has 47 heavy (non-hydrogen) atoms. The van der Waals surface area contributed by atoms with Gasteiger partial charge in [-0.2, -0.15) is 0 Å². The summed E-state index contributed by atoms with van der Waals surface area (Å²) in [7, 11) is 0. The predicted molar refractivity (Wildman–Crippen MR) is 184 cm³/mol. The van der Waals surface area contributed by atoms with Crippen molar-refractivity contribution in [3.63, 3.8) is 0 Å². The number of nitrogens with zero attached hydrogens (tertiary/aromatic N) is 6. The van der Waals surface area contributed by atoms with Crippen molar-refractivity contribution >= 4 is 45.8 Å². The van der Waals surface area contributed by atoms with Gasteiger partial charge in [-0.15, -0.1) is 0 Å². The number of nitrogens with two attached hydrogens (primary N) is 1. The molecule has 1 saturated heterocycles. The fraction of sp³-hybridized carbons (Fsp3) is 0.265. The van der Waals surface area contributed by atoms with Crippen molar-refractivity contribution in [2.24, 2.45) is 5.73 Å². The zero-order valence-electron chi connectivity index (χ0n) is 25.9. The normalized spacial score (nSPS) is 13.9. The van der Waals surface area contributed by atoms with Crippen LogP contribution in [0.3, 0.4) is 0 Å². The number of nitrogens with one attached hydrogen (secondary N) is 1. The third kappa shape index (κ3) is 7.61. The summed E-state index contributed by atoms with van der Waals surface area (Å²) in [5.74, 6) is 1.48. The molecule has 1 aliphatic rings. The topological polar surface area (TPSA) is 154 Å². The zero-order chi connectivity index (χ0) is 32.8. The Hall–Kier alpha value is -4.40. The summed E-state index contributed by atoms with van der Waals surface area (Å²) >= 11 is 2.88. The van der Waals surface area contributed by atoms with Crippen LogP contribution in [0.1, 0.15) is 33.0 Å². The van der Waals surface area contributed by atoms with Gasteiger partial charge in [0.05, 0.1) is 17.0 Å². The first-order valence-electron chi connectivity index (χ1n) is 15.3. The SMILES string of the molecule is Cc1nc(Nc2ncc(Sc3ccnc(C(N)=O)c3CC(O)(c3ccccc3)c3ccccc3)s2)cc(N2CCN(CCO)CC2)n1. The highest BCUT2D eigenvalue weighted by atomic mass is 32.2. The number of aliphatic hydroxyl groups is 2. The number of piperazine rings is 1. The van der Waals surface area contributed by atoms with E-state index in [9.17, 15) is 15.0 Å². The standard InChI is InChI=1S/C34H36N8O3S2/c1-23-38-28(20-29(39-23)42-16-14-41(15-17-42)18-19-43)40-33-37-22-30(47-33)46-27-12-13-36-31(32(35)44)26(27)21-34(45,24-8-4-2-5-9-24)25-10-6-3-7-11-25/h2-13,20,22,43,45H,14-19,21H2,1H3,(H2,35,44)(H,37,38,39,40). The molecule has 5 N–H and O–H groups in total. The molecule has 6 rings (SSSR count). The van der Waals surface area contributed by atoms with Crippen molar-refractivity contribution in [2.45, 2.75) is 28.1 Å². The van der Waals surface area contributed by atoms with Crippen LogP contribution in [0, 0.1) is 6.92 Å². The lowest BCUT2D eigenvalue weighted by atomic mass is 9.81. The Morgan fingerprint density at radius 3 is 2.32 bits per heavy atom. The average Bonchev–Trinajstić information content (AvgIpc) is 3.52. The van der Waals surface area contributed by atoms with Crippen molar-refractivity contribution in [2.75, 3.05) is 49.5 Å². The van der Waals surface area contributed by atoms with Crippen molar-refractivity contribution in [1.82, 2.24) is 24.8 Å². The Bertz CT molecular complexity index is 1780. The first kappa shape index (κ1) is 32.5. The van der Waals surface area contributed by atoms with Crippen LogP contribution in [0.15, 0.2) is 94.3 Å². The van der Waals surface area contributed by atoms with Crippen LogP contribution >= 0.6 is 23.1 Å². The third-order valence-electron chi connectivity index (χ3n) is 8.05. The summed E-state index contributed by atoms with van der Waals surface area (Å²) in [6, 6.07) is 22.6. The van der Waals surface area contributed by atoms with Gasteiger partial charge >= 0.3 is 0 Å². The third-order valence-corrected chi connectivity index (χ3v) is 10.2. The molecule has 2 aromatic carbocycles. The number of β-amino-alcohol motifs (C(OH)–C–C–N with tert-alkyl or cyclic N) is 1. The van der Waals surface area contributed by atoms with E-state index in [1.165, 1.54) is 23.1 Å². The molecule has 5 aromatic rings. The van der Waals surface area contributed by atoms with E-state index in [2.05, 4.69) is 35.1 Å². The Kier molecular flexibility index (Phi) is 10.1. The molecule has 0 atom stereocenters.